The molecule has 2 aromatic carbocycles. The maximum Gasteiger partial charge on any atom is 0.264 e. The summed E-state index contributed by atoms with van der Waals surface area (Å²) in [6.07, 6.45) is 0.438. The Labute approximate surface area is 163 Å². The molecule has 2 N–H and O–H groups in total. The Bertz CT molecular complexity index is 1030. The summed E-state index contributed by atoms with van der Waals surface area (Å²) < 4.78 is 32.0. The van der Waals surface area contributed by atoms with Crippen LogP contribution in [0.1, 0.15) is 22.2 Å². The first-order valence-electron chi connectivity index (χ1n) is 8.53. The highest BCUT2D eigenvalue weighted by Crippen LogP contribution is 2.22. The van der Waals surface area contributed by atoms with Crippen LogP contribution in [-0.2, 0) is 10.0 Å². The van der Waals surface area contributed by atoms with Crippen molar-refractivity contribution in [1.82, 2.24) is 5.32 Å². The number of sulfonamides is 1. The quantitative estimate of drug-likeness (QED) is 0.635. The van der Waals surface area contributed by atoms with E-state index in [2.05, 4.69) is 5.32 Å². The van der Waals surface area contributed by atoms with Crippen molar-refractivity contribution in [2.45, 2.75) is 11.0 Å². The molecular formula is C20H20N2O5S. The Morgan fingerprint density at radius 2 is 1.86 bits per heavy atom. The zero-order valence-corrected chi connectivity index (χ0v) is 16.0. The number of anilines is 1. The second kappa shape index (κ2) is 8.28. The summed E-state index contributed by atoms with van der Waals surface area (Å²) >= 11 is 0. The van der Waals surface area contributed by atoms with Gasteiger partial charge in [0.2, 0.25) is 0 Å². The average Bonchev–Trinajstić information content (AvgIpc) is 3.27. The van der Waals surface area contributed by atoms with E-state index in [4.69, 9.17) is 4.42 Å². The molecule has 0 bridgehead atoms. The van der Waals surface area contributed by atoms with Crippen LogP contribution in [0.15, 0.2) is 82.3 Å². The maximum absolute atomic E-state index is 12.9. The van der Waals surface area contributed by atoms with Gasteiger partial charge in [-0.3, -0.25) is 9.10 Å². The zero-order valence-electron chi connectivity index (χ0n) is 15.1. The van der Waals surface area contributed by atoms with E-state index >= 15 is 0 Å². The lowest BCUT2D eigenvalue weighted by molar-refractivity contribution is 0.0901. The first kappa shape index (κ1) is 19.7. The number of rotatable bonds is 7. The number of amides is 1. The molecule has 7 nitrogen and oxygen atoms in total. The highest BCUT2D eigenvalue weighted by molar-refractivity contribution is 7.92. The smallest absolute Gasteiger partial charge is 0.264 e. The van der Waals surface area contributed by atoms with Gasteiger partial charge in [0.25, 0.3) is 15.9 Å². The largest absolute Gasteiger partial charge is 0.467 e. The van der Waals surface area contributed by atoms with Gasteiger partial charge >= 0.3 is 0 Å². The van der Waals surface area contributed by atoms with E-state index in [-0.39, 0.29) is 17.0 Å². The lowest BCUT2D eigenvalue weighted by atomic mass is 10.2. The van der Waals surface area contributed by atoms with Gasteiger partial charge in [-0.2, -0.15) is 0 Å². The van der Waals surface area contributed by atoms with Crippen molar-refractivity contribution in [3.8, 4) is 0 Å². The van der Waals surface area contributed by atoms with Gasteiger partial charge in [0, 0.05) is 12.6 Å². The van der Waals surface area contributed by atoms with Crippen LogP contribution in [0, 0.1) is 0 Å². The molecule has 1 aromatic heterocycles. The van der Waals surface area contributed by atoms with Crippen LogP contribution in [0.3, 0.4) is 0 Å². The van der Waals surface area contributed by atoms with Gasteiger partial charge in [0.1, 0.15) is 11.9 Å². The topological polar surface area (TPSA) is 99.9 Å². The maximum atomic E-state index is 12.9. The number of furan rings is 1. The van der Waals surface area contributed by atoms with Crippen LogP contribution in [-0.4, -0.2) is 33.0 Å². The Morgan fingerprint density at radius 3 is 2.54 bits per heavy atom. The molecule has 3 rings (SSSR count). The fraction of sp³-hybridized carbons (Fsp3) is 0.150. The van der Waals surface area contributed by atoms with Crippen molar-refractivity contribution in [3.63, 3.8) is 0 Å². The molecule has 0 aliphatic carbocycles. The van der Waals surface area contributed by atoms with Crippen LogP contribution in [0.25, 0.3) is 0 Å². The fourth-order valence-corrected chi connectivity index (χ4v) is 3.85. The average molecular weight is 400 g/mol. The van der Waals surface area contributed by atoms with Crippen LogP contribution in [0.2, 0.25) is 0 Å². The molecular weight excluding hydrogens is 380 g/mol. The molecule has 0 saturated carbocycles. The third kappa shape index (κ3) is 4.24. The van der Waals surface area contributed by atoms with E-state index in [1.165, 1.54) is 37.6 Å². The number of aliphatic hydroxyl groups is 1. The van der Waals surface area contributed by atoms with Gasteiger partial charge in [0.15, 0.2) is 0 Å². The van der Waals surface area contributed by atoms with Gasteiger partial charge < -0.3 is 14.8 Å². The molecule has 146 valence electrons. The molecule has 0 fully saturated rings. The molecule has 1 amide bonds. The molecule has 0 radical (unpaired) electrons. The molecule has 0 aliphatic rings. The minimum Gasteiger partial charge on any atom is -0.467 e. The molecule has 3 aromatic rings. The van der Waals surface area contributed by atoms with E-state index in [1.807, 2.05) is 0 Å². The van der Waals surface area contributed by atoms with E-state index < -0.39 is 22.0 Å². The Kier molecular flexibility index (Phi) is 5.81. The highest BCUT2D eigenvalue weighted by Gasteiger charge is 2.22. The second-order valence-electron chi connectivity index (χ2n) is 6.08. The summed E-state index contributed by atoms with van der Waals surface area (Å²) in [6.45, 7) is -0.0623. The molecule has 28 heavy (non-hydrogen) atoms. The SMILES string of the molecule is CN(c1ccccc1)S(=O)(=O)c1cccc(C(=O)NCC(O)c2ccco2)c1. The summed E-state index contributed by atoms with van der Waals surface area (Å²) in [5, 5.41) is 12.5. The van der Waals surface area contributed by atoms with Crippen LogP contribution in [0.5, 0.6) is 0 Å². The Balaban J connectivity index is 1.75. The fourth-order valence-electron chi connectivity index (χ4n) is 2.61. The molecule has 1 heterocycles. The standard InChI is InChI=1S/C20H20N2O5S/c1-22(16-8-3-2-4-9-16)28(25,26)17-10-5-7-15(13-17)20(24)21-14-18(23)19-11-6-12-27-19/h2-13,18,23H,14H2,1H3,(H,21,24). The lowest BCUT2D eigenvalue weighted by Crippen LogP contribution is -2.29. The number of carbonyl (C=O) groups is 1. The normalized spacial score (nSPS) is 12.4. The van der Waals surface area contributed by atoms with E-state index in [9.17, 15) is 18.3 Å². The van der Waals surface area contributed by atoms with E-state index in [0.717, 1.165) is 4.31 Å². The first-order valence-corrected chi connectivity index (χ1v) is 9.97. The summed E-state index contributed by atoms with van der Waals surface area (Å²) in [6, 6.07) is 17.7. The molecule has 8 heteroatoms. The number of hydrogen-bond acceptors (Lipinski definition) is 5. The van der Waals surface area contributed by atoms with Crippen molar-refractivity contribution in [2.75, 3.05) is 17.9 Å². The number of aliphatic hydroxyl groups excluding tert-OH is 1. The number of nitrogens with zero attached hydrogens (tertiary/aromatic N) is 1. The monoisotopic (exact) mass is 400 g/mol. The number of hydrogen-bond donors (Lipinski definition) is 2. The summed E-state index contributed by atoms with van der Waals surface area (Å²) in [4.78, 5) is 12.4. The van der Waals surface area contributed by atoms with Crippen molar-refractivity contribution >= 4 is 21.6 Å². The molecule has 1 unspecified atom stereocenters. The van der Waals surface area contributed by atoms with Crippen molar-refractivity contribution in [3.05, 3.63) is 84.3 Å². The first-order chi connectivity index (χ1) is 13.4. The van der Waals surface area contributed by atoms with Crippen molar-refractivity contribution in [2.24, 2.45) is 0 Å². The number of benzene rings is 2. The van der Waals surface area contributed by atoms with Crippen molar-refractivity contribution in [1.29, 1.82) is 0 Å². The molecule has 1 atom stereocenters. The van der Waals surface area contributed by atoms with Gasteiger partial charge in [-0.25, -0.2) is 8.42 Å². The van der Waals surface area contributed by atoms with Crippen LogP contribution < -0.4 is 9.62 Å². The Hall–Kier alpha value is -3.10. The third-order valence-electron chi connectivity index (χ3n) is 4.20. The van der Waals surface area contributed by atoms with E-state index in [0.29, 0.717) is 11.4 Å². The highest BCUT2D eigenvalue weighted by atomic mass is 32.2. The minimum atomic E-state index is -3.83. The third-order valence-corrected chi connectivity index (χ3v) is 5.98. The molecule has 0 saturated heterocycles. The predicted octanol–water partition coefficient (Wildman–Crippen LogP) is 2.57. The Morgan fingerprint density at radius 1 is 1.11 bits per heavy atom. The van der Waals surface area contributed by atoms with Gasteiger partial charge in [-0.1, -0.05) is 24.3 Å². The van der Waals surface area contributed by atoms with E-state index in [1.54, 1.807) is 42.5 Å². The van der Waals surface area contributed by atoms with Gasteiger partial charge in [-0.15, -0.1) is 0 Å². The summed E-state index contributed by atoms with van der Waals surface area (Å²) in [5.41, 5.74) is 0.688. The minimum absolute atomic E-state index is 0.00177. The molecule has 0 spiro atoms. The summed E-state index contributed by atoms with van der Waals surface area (Å²) in [7, 11) is -2.37. The van der Waals surface area contributed by atoms with Crippen LogP contribution in [0.4, 0.5) is 5.69 Å². The van der Waals surface area contributed by atoms with Gasteiger partial charge in [-0.05, 0) is 42.5 Å². The number of para-hydroxylation sites is 1. The van der Waals surface area contributed by atoms with Gasteiger partial charge in [0.05, 0.1) is 23.4 Å². The summed E-state index contributed by atoms with van der Waals surface area (Å²) in [5.74, 6) is -0.161. The van der Waals surface area contributed by atoms with Crippen LogP contribution >= 0.6 is 0 Å². The van der Waals surface area contributed by atoms with Crippen molar-refractivity contribution < 1.29 is 22.7 Å². The molecule has 0 aliphatic heterocycles. The number of carbonyl (C=O) groups excluding carboxylic acids is 1. The lowest BCUT2D eigenvalue weighted by Gasteiger charge is -2.19. The zero-order chi connectivity index (χ0) is 20.1. The number of nitrogens with one attached hydrogen (secondary N) is 1. The second-order valence-corrected chi connectivity index (χ2v) is 8.05. The predicted molar refractivity (Wildman–Crippen MR) is 104 cm³/mol.